The Morgan fingerprint density at radius 1 is 0.895 bits per heavy atom. The summed E-state index contributed by atoms with van der Waals surface area (Å²) < 4.78 is 44.7. The molecule has 1 aromatic heterocycles. The standard InChI is InChI=1S/C27H20ClF3N4O3/c28-21-7-3-18(13-20(21)27(29,30)31)26(37)33-19-5-1-16(2-6-19)25(36)17-4-8-22-23(14-17)34-24(15-32-22)35-9-11-38-12-10-35/h1-8,13-15H,9-12H2,(H,33,37). The maximum atomic E-state index is 13.1. The SMILES string of the molecule is O=C(Nc1ccc(C(=O)c2ccc3ncc(N4CCOCC4)nc3c2)cc1)c1ccc(Cl)c(C(F)(F)F)c1. The number of morpholine rings is 1. The fourth-order valence-corrected chi connectivity index (χ4v) is 4.27. The molecule has 0 radical (unpaired) electrons. The lowest BCUT2D eigenvalue weighted by molar-refractivity contribution is -0.137. The molecule has 1 aliphatic heterocycles. The van der Waals surface area contributed by atoms with Gasteiger partial charge in [0.1, 0.15) is 5.82 Å². The number of aromatic nitrogens is 2. The van der Waals surface area contributed by atoms with Crippen LogP contribution in [0.2, 0.25) is 5.02 Å². The molecular weight excluding hydrogens is 521 g/mol. The molecular formula is C27H20ClF3N4O3. The van der Waals surface area contributed by atoms with E-state index in [0.29, 0.717) is 66.0 Å². The highest BCUT2D eigenvalue weighted by Crippen LogP contribution is 2.35. The van der Waals surface area contributed by atoms with E-state index in [2.05, 4.69) is 20.2 Å². The molecule has 2 heterocycles. The van der Waals surface area contributed by atoms with Crippen molar-refractivity contribution in [1.29, 1.82) is 0 Å². The van der Waals surface area contributed by atoms with E-state index in [0.717, 1.165) is 6.07 Å². The Morgan fingerprint density at radius 2 is 1.58 bits per heavy atom. The predicted molar refractivity (Wildman–Crippen MR) is 137 cm³/mol. The van der Waals surface area contributed by atoms with Crippen molar-refractivity contribution in [2.75, 3.05) is 36.5 Å². The third-order valence-corrected chi connectivity index (χ3v) is 6.40. The lowest BCUT2D eigenvalue weighted by Crippen LogP contribution is -2.36. The molecule has 38 heavy (non-hydrogen) atoms. The third kappa shape index (κ3) is 5.46. The average Bonchev–Trinajstić information content (AvgIpc) is 2.92. The lowest BCUT2D eigenvalue weighted by atomic mass is 10.0. The molecule has 0 saturated carbocycles. The average molecular weight is 541 g/mol. The van der Waals surface area contributed by atoms with Crippen LogP contribution in [0.3, 0.4) is 0 Å². The first-order chi connectivity index (χ1) is 18.2. The molecule has 0 atom stereocenters. The Labute approximate surface area is 220 Å². The van der Waals surface area contributed by atoms with Crippen LogP contribution in [-0.2, 0) is 10.9 Å². The van der Waals surface area contributed by atoms with Crippen LogP contribution >= 0.6 is 11.6 Å². The number of anilines is 2. The lowest BCUT2D eigenvalue weighted by Gasteiger charge is -2.27. The van der Waals surface area contributed by atoms with Crippen molar-refractivity contribution in [2.24, 2.45) is 0 Å². The van der Waals surface area contributed by atoms with Gasteiger partial charge < -0.3 is 15.0 Å². The Bertz CT molecular complexity index is 1520. The van der Waals surface area contributed by atoms with Crippen LogP contribution in [0.25, 0.3) is 11.0 Å². The number of carbonyl (C=O) groups excluding carboxylic acids is 2. The molecule has 1 fully saturated rings. The van der Waals surface area contributed by atoms with Gasteiger partial charge in [-0.1, -0.05) is 11.6 Å². The summed E-state index contributed by atoms with van der Waals surface area (Å²) in [7, 11) is 0. The number of ketones is 1. The molecule has 3 aromatic carbocycles. The molecule has 1 amide bonds. The smallest absolute Gasteiger partial charge is 0.378 e. The molecule has 11 heteroatoms. The summed E-state index contributed by atoms with van der Waals surface area (Å²) in [6.45, 7) is 2.65. The first-order valence-electron chi connectivity index (χ1n) is 11.6. The van der Waals surface area contributed by atoms with Gasteiger partial charge in [0, 0.05) is 35.5 Å². The number of amides is 1. The van der Waals surface area contributed by atoms with Crippen LogP contribution < -0.4 is 10.2 Å². The van der Waals surface area contributed by atoms with Gasteiger partial charge in [-0.05, 0) is 60.7 Å². The normalized spacial score (nSPS) is 13.9. The van der Waals surface area contributed by atoms with E-state index in [9.17, 15) is 22.8 Å². The minimum Gasteiger partial charge on any atom is -0.378 e. The fourth-order valence-electron chi connectivity index (χ4n) is 4.05. The number of alkyl halides is 3. The molecule has 1 aliphatic rings. The molecule has 194 valence electrons. The number of benzene rings is 3. The van der Waals surface area contributed by atoms with Crippen LogP contribution in [-0.4, -0.2) is 48.0 Å². The van der Waals surface area contributed by atoms with Crippen LogP contribution in [0.4, 0.5) is 24.7 Å². The number of ether oxygens (including phenoxy) is 1. The Balaban J connectivity index is 1.31. The van der Waals surface area contributed by atoms with Crippen molar-refractivity contribution in [3.8, 4) is 0 Å². The Morgan fingerprint density at radius 3 is 2.29 bits per heavy atom. The molecule has 0 spiro atoms. The molecule has 1 N–H and O–H groups in total. The van der Waals surface area contributed by atoms with Gasteiger partial charge in [-0.2, -0.15) is 13.2 Å². The first kappa shape index (κ1) is 25.6. The predicted octanol–water partition coefficient (Wildman–Crippen LogP) is 5.62. The Kier molecular flexibility index (Phi) is 7.00. The van der Waals surface area contributed by atoms with Crippen LogP contribution in [0.15, 0.2) is 66.9 Å². The summed E-state index contributed by atoms with van der Waals surface area (Å²) >= 11 is 5.62. The number of fused-ring (bicyclic) bond motifs is 1. The summed E-state index contributed by atoms with van der Waals surface area (Å²) in [4.78, 5) is 36.8. The third-order valence-electron chi connectivity index (χ3n) is 6.07. The van der Waals surface area contributed by atoms with Crippen LogP contribution in [0, 0.1) is 0 Å². The van der Waals surface area contributed by atoms with E-state index in [1.54, 1.807) is 24.4 Å². The summed E-state index contributed by atoms with van der Waals surface area (Å²) in [6, 6.07) is 14.1. The van der Waals surface area contributed by atoms with Crippen LogP contribution in [0.1, 0.15) is 31.8 Å². The van der Waals surface area contributed by atoms with Crippen molar-refractivity contribution in [3.05, 3.63) is 94.1 Å². The van der Waals surface area contributed by atoms with Gasteiger partial charge in [0.15, 0.2) is 5.78 Å². The molecule has 5 rings (SSSR count). The molecule has 4 aromatic rings. The first-order valence-corrected chi connectivity index (χ1v) is 12.0. The summed E-state index contributed by atoms with van der Waals surface area (Å²) in [5, 5.41) is 2.04. The molecule has 7 nitrogen and oxygen atoms in total. The van der Waals surface area contributed by atoms with Crippen molar-refractivity contribution in [1.82, 2.24) is 9.97 Å². The second-order valence-electron chi connectivity index (χ2n) is 8.58. The highest BCUT2D eigenvalue weighted by molar-refractivity contribution is 6.31. The summed E-state index contributed by atoms with van der Waals surface area (Å²) in [5.74, 6) is -0.278. The summed E-state index contributed by atoms with van der Waals surface area (Å²) in [6.07, 6.45) is -2.98. The van der Waals surface area contributed by atoms with Crippen molar-refractivity contribution in [2.45, 2.75) is 6.18 Å². The van der Waals surface area contributed by atoms with Gasteiger partial charge in [0.25, 0.3) is 5.91 Å². The van der Waals surface area contributed by atoms with Crippen molar-refractivity contribution in [3.63, 3.8) is 0 Å². The van der Waals surface area contributed by atoms with E-state index in [4.69, 9.17) is 16.3 Å². The van der Waals surface area contributed by atoms with E-state index < -0.39 is 22.7 Å². The monoisotopic (exact) mass is 540 g/mol. The zero-order chi connectivity index (χ0) is 26.9. The number of hydrogen-bond donors (Lipinski definition) is 1. The van der Waals surface area contributed by atoms with E-state index >= 15 is 0 Å². The second-order valence-corrected chi connectivity index (χ2v) is 8.99. The van der Waals surface area contributed by atoms with Crippen molar-refractivity contribution < 1.29 is 27.5 Å². The number of hydrogen-bond acceptors (Lipinski definition) is 6. The van der Waals surface area contributed by atoms with E-state index in [-0.39, 0.29) is 11.3 Å². The van der Waals surface area contributed by atoms with E-state index in [1.807, 2.05) is 0 Å². The molecule has 0 bridgehead atoms. The van der Waals surface area contributed by atoms with Gasteiger partial charge >= 0.3 is 6.18 Å². The minimum atomic E-state index is -4.69. The van der Waals surface area contributed by atoms with Gasteiger partial charge in [-0.25, -0.2) is 4.98 Å². The maximum Gasteiger partial charge on any atom is 0.417 e. The number of nitrogens with zero attached hydrogens (tertiary/aromatic N) is 3. The minimum absolute atomic E-state index is 0.199. The van der Waals surface area contributed by atoms with E-state index in [1.165, 1.54) is 30.3 Å². The second kappa shape index (κ2) is 10.4. The van der Waals surface area contributed by atoms with Crippen molar-refractivity contribution >= 4 is 45.8 Å². The largest absolute Gasteiger partial charge is 0.417 e. The fraction of sp³-hybridized carbons (Fsp3) is 0.185. The highest BCUT2D eigenvalue weighted by atomic mass is 35.5. The van der Waals surface area contributed by atoms with Gasteiger partial charge in [-0.3, -0.25) is 14.6 Å². The van der Waals surface area contributed by atoms with Crippen LogP contribution in [0.5, 0.6) is 0 Å². The maximum absolute atomic E-state index is 13.1. The summed E-state index contributed by atoms with van der Waals surface area (Å²) in [5.41, 5.74) is 1.06. The molecule has 0 aliphatic carbocycles. The highest BCUT2D eigenvalue weighted by Gasteiger charge is 2.33. The number of halogens is 4. The molecule has 0 unspecified atom stereocenters. The Hall–Kier alpha value is -4.02. The zero-order valence-corrected chi connectivity index (χ0v) is 20.5. The van der Waals surface area contributed by atoms with Gasteiger partial charge in [-0.15, -0.1) is 0 Å². The number of nitrogens with one attached hydrogen (secondary N) is 1. The van der Waals surface area contributed by atoms with Gasteiger partial charge in [0.05, 0.1) is 41.0 Å². The number of carbonyl (C=O) groups is 2. The topological polar surface area (TPSA) is 84.4 Å². The molecule has 1 saturated heterocycles. The van der Waals surface area contributed by atoms with Gasteiger partial charge in [0.2, 0.25) is 0 Å². The quantitative estimate of drug-likeness (QED) is 0.331. The number of rotatable bonds is 5. The zero-order valence-electron chi connectivity index (χ0n) is 19.8.